The van der Waals surface area contributed by atoms with E-state index in [1.165, 1.54) is 12.1 Å². The smallest absolute Gasteiger partial charge is 0.197 e. The van der Waals surface area contributed by atoms with Crippen LogP contribution in [0.1, 0.15) is 31.2 Å². The first-order valence-electron chi connectivity index (χ1n) is 5.30. The number of benzene rings is 1. The molecule has 0 unspecified atom stereocenters. The lowest BCUT2D eigenvalue weighted by Gasteiger charge is -2.02. The standard InChI is InChI=1S/C13H14FNO/c1-8(2)13-15-7-12(16-13)11-5-4-10(14)6-9(11)3/h4-8H,1-3H3. The summed E-state index contributed by atoms with van der Waals surface area (Å²) in [5.74, 6) is 1.43. The number of oxazole rings is 1. The third kappa shape index (κ3) is 1.98. The predicted molar refractivity (Wildman–Crippen MR) is 60.7 cm³/mol. The van der Waals surface area contributed by atoms with Gasteiger partial charge in [0.1, 0.15) is 5.82 Å². The largest absolute Gasteiger partial charge is 0.440 e. The summed E-state index contributed by atoms with van der Waals surface area (Å²) in [7, 11) is 0. The Kier molecular flexibility index (Phi) is 2.77. The molecule has 0 atom stereocenters. The molecule has 0 N–H and O–H groups in total. The Morgan fingerprint density at radius 1 is 1.31 bits per heavy atom. The Morgan fingerprint density at radius 2 is 2.06 bits per heavy atom. The van der Waals surface area contributed by atoms with Crippen molar-refractivity contribution in [1.29, 1.82) is 0 Å². The van der Waals surface area contributed by atoms with Gasteiger partial charge in [-0.2, -0.15) is 0 Å². The van der Waals surface area contributed by atoms with Gasteiger partial charge in [-0.15, -0.1) is 0 Å². The number of hydrogen-bond donors (Lipinski definition) is 0. The molecule has 1 aromatic heterocycles. The molecule has 0 aliphatic rings. The Labute approximate surface area is 94.1 Å². The molecule has 84 valence electrons. The van der Waals surface area contributed by atoms with E-state index in [4.69, 9.17) is 4.42 Å². The maximum Gasteiger partial charge on any atom is 0.197 e. The molecule has 1 aromatic carbocycles. The van der Waals surface area contributed by atoms with Gasteiger partial charge in [0.2, 0.25) is 0 Å². The van der Waals surface area contributed by atoms with E-state index in [0.717, 1.165) is 11.1 Å². The maximum absolute atomic E-state index is 13.0. The monoisotopic (exact) mass is 219 g/mol. The Balaban J connectivity index is 2.42. The summed E-state index contributed by atoms with van der Waals surface area (Å²) in [6.07, 6.45) is 1.69. The van der Waals surface area contributed by atoms with Crippen LogP contribution in [0.5, 0.6) is 0 Å². The molecule has 0 bridgehead atoms. The van der Waals surface area contributed by atoms with Crippen molar-refractivity contribution in [3.8, 4) is 11.3 Å². The molecule has 2 aromatic rings. The highest BCUT2D eigenvalue weighted by molar-refractivity contribution is 5.60. The fraction of sp³-hybridized carbons (Fsp3) is 0.308. The summed E-state index contributed by atoms with van der Waals surface area (Å²) in [5.41, 5.74) is 1.74. The molecule has 0 saturated heterocycles. The highest BCUT2D eigenvalue weighted by atomic mass is 19.1. The van der Waals surface area contributed by atoms with Gasteiger partial charge in [0.15, 0.2) is 11.7 Å². The van der Waals surface area contributed by atoms with Crippen molar-refractivity contribution in [1.82, 2.24) is 4.98 Å². The number of aryl methyl sites for hydroxylation is 1. The topological polar surface area (TPSA) is 26.0 Å². The van der Waals surface area contributed by atoms with Crippen molar-refractivity contribution in [2.24, 2.45) is 0 Å². The average Bonchev–Trinajstić information content (AvgIpc) is 2.66. The summed E-state index contributed by atoms with van der Waals surface area (Å²) in [6, 6.07) is 4.64. The number of halogens is 1. The van der Waals surface area contributed by atoms with E-state index in [2.05, 4.69) is 4.98 Å². The first kappa shape index (κ1) is 10.9. The van der Waals surface area contributed by atoms with E-state index in [1.807, 2.05) is 20.8 Å². The lowest BCUT2D eigenvalue weighted by molar-refractivity contribution is 0.481. The van der Waals surface area contributed by atoms with Gasteiger partial charge >= 0.3 is 0 Å². The fourth-order valence-electron chi connectivity index (χ4n) is 1.58. The van der Waals surface area contributed by atoms with Gasteiger partial charge < -0.3 is 4.42 Å². The number of rotatable bonds is 2. The molecule has 0 saturated carbocycles. The van der Waals surface area contributed by atoms with Gasteiger partial charge in [0, 0.05) is 11.5 Å². The average molecular weight is 219 g/mol. The van der Waals surface area contributed by atoms with Gasteiger partial charge in [-0.1, -0.05) is 13.8 Å². The molecule has 0 aliphatic heterocycles. The van der Waals surface area contributed by atoms with E-state index in [0.29, 0.717) is 11.7 Å². The zero-order chi connectivity index (χ0) is 11.7. The lowest BCUT2D eigenvalue weighted by Crippen LogP contribution is -1.85. The number of nitrogens with zero attached hydrogens (tertiary/aromatic N) is 1. The van der Waals surface area contributed by atoms with Crippen LogP contribution >= 0.6 is 0 Å². The molecule has 2 nitrogen and oxygen atoms in total. The summed E-state index contributed by atoms with van der Waals surface area (Å²) in [6.45, 7) is 5.90. The molecule has 0 fully saturated rings. The molecule has 0 aliphatic carbocycles. The second-order valence-electron chi connectivity index (χ2n) is 4.18. The van der Waals surface area contributed by atoms with Gasteiger partial charge in [-0.25, -0.2) is 9.37 Å². The van der Waals surface area contributed by atoms with E-state index >= 15 is 0 Å². The molecule has 0 radical (unpaired) electrons. The van der Waals surface area contributed by atoms with Crippen LogP contribution in [0.15, 0.2) is 28.8 Å². The molecule has 3 heteroatoms. The van der Waals surface area contributed by atoms with Crippen molar-refractivity contribution >= 4 is 0 Å². The van der Waals surface area contributed by atoms with E-state index in [9.17, 15) is 4.39 Å². The summed E-state index contributed by atoms with van der Waals surface area (Å²) < 4.78 is 18.6. The van der Waals surface area contributed by atoms with Gasteiger partial charge in [0.25, 0.3) is 0 Å². The van der Waals surface area contributed by atoms with Crippen LogP contribution in [-0.2, 0) is 0 Å². The second kappa shape index (κ2) is 4.08. The molecule has 16 heavy (non-hydrogen) atoms. The molecule has 0 amide bonds. The SMILES string of the molecule is Cc1cc(F)ccc1-c1cnc(C(C)C)o1. The minimum absolute atomic E-state index is 0.232. The molecule has 1 heterocycles. The van der Waals surface area contributed by atoms with Gasteiger partial charge in [-0.05, 0) is 30.7 Å². The number of hydrogen-bond acceptors (Lipinski definition) is 2. The Hall–Kier alpha value is -1.64. The van der Waals surface area contributed by atoms with Crippen LogP contribution in [0.4, 0.5) is 4.39 Å². The van der Waals surface area contributed by atoms with Crippen LogP contribution in [0, 0.1) is 12.7 Å². The lowest BCUT2D eigenvalue weighted by atomic mass is 10.1. The van der Waals surface area contributed by atoms with Crippen molar-refractivity contribution in [2.45, 2.75) is 26.7 Å². The van der Waals surface area contributed by atoms with Gasteiger partial charge in [-0.3, -0.25) is 0 Å². The normalized spacial score (nSPS) is 11.1. The van der Waals surface area contributed by atoms with Crippen molar-refractivity contribution in [3.05, 3.63) is 41.7 Å². The third-order valence-corrected chi connectivity index (χ3v) is 2.47. The van der Waals surface area contributed by atoms with Crippen molar-refractivity contribution < 1.29 is 8.81 Å². The van der Waals surface area contributed by atoms with Crippen molar-refractivity contribution in [2.75, 3.05) is 0 Å². The fourth-order valence-corrected chi connectivity index (χ4v) is 1.58. The minimum Gasteiger partial charge on any atom is -0.440 e. The summed E-state index contributed by atoms with van der Waals surface area (Å²) >= 11 is 0. The predicted octanol–water partition coefficient (Wildman–Crippen LogP) is 3.91. The van der Waals surface area contributed by atoms with Crippen LogP contribution in [0.3, 0.4) is 0 Å². The van der Waals surface area contributed by atoms with Crippen LogP contribution in [0.25, 0.3) is 11.3 Å². The highest BCUT2D eigenvalue weighted by Gasteiger charge is 2.11. The number of aromatic nitrogens is 1. The van der Waals surface area contributed by atoms with E-state index in [1.54, 1.807) is 12.3 Å². The molecular weight excluding hydrogens is 205 g/mol. The van der Waals surface area contributed by atoms with E-state index < -0.39 is 0 Å². The molecule has 2 rings (SSSR count). The Bertz CT molecular complexity index is 502. The first-order valence-corrected chi connectivity index (χ1v) is 5.30. The van der Waals surface area contributed by atoms with Crippen LogP contribution in [-0.4, -0.2) is 4.98 Å². The second-order valence-corrected chi connectivity index (χ2v) is 4.18. The summed E-state index contributed by atoms with van der Waals surface area (Å²) in [4.78, 5) is 4.20. The Morgan fingerprint density at radius 3 is 2.62 bits per heavy atom. The molecule has 0 spiro atoms. The van der Waals surface area contributed by atoms with Crippen LogP contribution < -0.4 is 0 Å². The maximum atomic E-state index is 13.0. The molecular formula is C13H14FNO. The quantitative estimate of drug-likeness (QED) is 0.765. The zero-order valence-corrected chi connectivity index (χ0v) is 9.62. The van der Waals surface area contributed by atoms with Crippen molar-refractivity contribution in [3.63, 3.8) is 0 Å². The minimum atomic E-state index is -0.232. The first-order chi connectivity index (χ1) is 7.58. The zero-order valence-electron chi connectivity index (χ0n) is 9.62. The van der Waals surface area contributed by atoms with E-state index in [-0.39, 0.29) is 11.7 Å². The van der Waals surface area contributed by atoms with Crippen LogP contribution in [0.2, 0.25) is 0 Å². The highest BCUT2D eigenvalue weighted by Crippen LogP contribution is 2.26. The third-order valence-electron chi connectivity index (χ3n) is 2.47. The summed E-state index contributed by atoms with van der Waals surface area (Å²) in [5, 5.41) is 0. The van der Waals surface area contributed by atoms with Gasteiger partial charge in [0.05, 0.1) is 6.20 Å².